The van der Waals surface area contributed by atoms with Gasteiger partial charge in [0.25, 0.3) is 0 Å². The van der Waals surface area contributed by atoms with E-state index in [-0.39, 0.29) is 12.4 Å². The topological polar surface area (TPSA) is 50.1 Å². The smallest absolute Gasteiger partial charge is 0.200 e. The monoisotopic (exact) mass is 237 g/mol. The fraction of sp³-hybridized carbons (Fsp3) is 0.0667. The van der Waals surface area contributed by atoms with Crippen molar-refractivity contribution in [2.45, 2.75) is 0 Å². The zero-order chi connectivity index (χ0) is 12.8. The van der Waals surface area contributed by atoms with Crippen molar-refractivity contribution in [1.82, 2.24) is 0 Å². The Hall–Kier alpha value is -2.60. The summed E-state index contributed by atoms with van der Waals surface area (Å²) in [5.41, 5.74) is 1.13. The number of ketones is 1. The lowest BCUT2D eigenvalue weighted by molar-refractivity contribution is 0.0921. The maximum absolute atomic E-state index is 11.8. The van der Waals surface area contributed by atoms with E-state index in [9.17, 15) is 4.79 Å². The Morgan fingerprint density at radius 3 is 2.61 bits per heavy atom. The van der Waals surface area contributed by atoms with Gasteiger partial charge in [-0.15, -0.1) is 0 Å². The molecule has 2 rings (SSSR count). The third kappa shape index (κ3) is 2.96. The summed E-state index contributed by atoms with van der Waals surface area (Å²) in [4.78, 5) is 11.8. The molecule has 0 fully saturated rings. The van der Waals surface area contributed by atoms with Crippen molar-refractivity contribution < 1.29 is 9.53 Å². The van der Waals surface area contributed by atoms with Crippen molar-refractivity contribution in [3.05, 3.63) is 65.7 Å². The quantitative estimate of drug-likeness (QED) is 0.768. The third-order valence-corrected chi connectivity index (χ3v) is 2.43. The highest BCUT2D eigenvalue weighted by molar-refractivity contribution is 5.97. The maximum Gasteiger partial charge on any atom is 0.200 e. The molecule has 0 saturated carbocycles. The van der Waals surface area contributed by atoms with Crippen LogP contribution in [0, 0.1) is 11.3 Å². The Morgan fingerprint density at radius 2 is 1.89 bits per heavy atom. The van der Waals surface area contributed by atoms with Crippen molar-refractivity contribution in [3.63, 3.8) is 0 Å². The molecule has 2 aromatic rings. The standard InChI is InChI=1S/C15H11NO2/c16-10-12-5-4-8-14(9-12)18-11-15(17)13-6-2-1-3-7-13/h1-9H,11H2. The number of rotatable bonds is 4. The summed E-state index contributed by atoms with van der Waals surface area (Å²) < 4.78 is 5.36. The van der Waals surface area contributed by atoms with E-state index in [1.165, 1.54) is 0 Å². The maximum atomic E-state index is 11.8. The van der Waals surface area contributed by atoms with Gasteiger partial charge < -0.3 is 4.74 Å². The Labute approximate surface area is 105 Å². The van der Waals surface area contributed by atoms with E-state index in [1.54, 1.807) is 36.4 Å². The third-order valence-electron chi connectivity index (χ3n) is 2.43. The lowest BCUT2D eigenvalue weighted by Crippen LogP contribution is -2.11. The first-order valence-electron chi connectivity index (χ1n) is 5.51. The molecule has 0 atom stereocenters. The van der Waals surface area contributed by atoms with E-state index < -0.39 is 0 Å². The summed E-state index contributed by atoms with van der Waals surface area (Å²) in [6.45, 7) is -0.0289. The first-order chi connectivity index (χ1) is 8.79. The molecule has 0 aromatic heterocycles. The number of hydrogen-bond acceptors (Lipinski definition) is 3. The average molecular weight is 237 g/mol. The van der Waals surface area contributed by atoms with Gasteiger partial charge in [0.1, 0.15) is 5.75 Å². The SMILES string of the molecule is N#Cc1cccc(OCC(=O)c2ccccc2)c1. The van der Waals surface area contributed by atoms with Gasteiger partial charge in [0.05, 0.1) is 11.6 Å². The zero-order valence-electron chi connectivity index (χ0n) is 9.67. The first-order valence-corrected chi connectivity index (χ1v) is 5.51. The van der Waals surface area contributed by atoms with Crippen molar-refractivity contribution in [2.75, 3.05) is 6.61 Å². The molecule has 0 heterocycles. The second-order valence-electron chi connectivity index (χ2n) is 3.72. The predicted molar refractivity (Wildman–Crippen MR) is 67.4 cm³/mol. The summed E-state index contributed by atoms with van der Waals surface area (Å²) in [6.07, 6.45) is 0. The Morgan fingerprint density at radius 1 is 1.11 bits per heavy atom. The number of hydrogen-bond donors (Lipinski definition) is 0. The van der Waals surface area contributed by atoms with E-state index in [4.69, 9.17) is 10.00 Å². The molecular weight excluding hydrogens is 226 g/mol. The molecule has 88 valence electrons. The van der Waals surface area contributed by atoms with Crippen LogP contribution in [0.2, 0.25) is 0 Å². The Balaban J connectivity index is 2.00. The molecule has 3 nitrogen and oxygen atoms in total. The van der Waals surface area contributed by atoms with Crippen LogP contribution in [0.1, 0.15) is 15.9 Å². The van der Waals surface area contributed by atoms with Crippen LogP contribution in [0.25, 0.3) is 0 Å². The average Bonchev–Trinajstić information content (AvgIpc) is 2.46. The van der Waals surface area contributed by atoms with Crippen LogP contribution in [-0.4, -0.2) is 12.4 Å². The van der Waals surface area contributed by atoms with E-state index in [0.29, 0.717) is 16.9 Å². The molecule has 0 aliphatic heterocycles. The van der Waals surface area contributed by atoms with E-state index in [2.05, 4.69) is 0 Å². The molecule has 0 N–H and O–H groups in total. The first kappa shape index (κ1) is 11.9. The second-order valence-corrected chi connectivity index (χ2v) is 3.72. The molecular formula is C15H11NO2. The van der Waals surface area contributed by atoms with Gasteiger partial charge in [-0.25, -0.2) is 0 Å². The van der Waals surface area contributed by atoms with Gasteiger partial charge in [-0.1, -0.05) is 36.4 Å². The fourth-order valence-corrected chi connectivity index (χ4v) is 1.51. The number of Topliss-reactive ketones (excluding diaryl/α,β-unsaturated/α-hetero) is 1. The van der Waals surface area contributed by atoms with Crippen LogP contribution in [-0.2, 0) is 0 Å². The molecule has 18 heavy (non-hydrogen) atoms. The van der Waals surface area contributed by atoms with Crippen LogP contribution >= 0.6 is 0 Å². The number of nitriles is 1. The van der Waals surface area contributed by atoms with Gasteiger partial charge in [-0.05, 0) is 18.2 Å². The summed E-state index contributed by atoms with van der Waals surface area (Å²) in [7, 11) is 0. The van der Waals surface area contributed by atoms with Crippen LogP contribution in [0.5, 0.6) is 5.75 Å². The lowest BCUT2D eigenvalue weighted by Gasteiger charge is -2.05. The van der Waals surface area contributed by atoms with Crippen molar-refractivity contribution in [3.8, 4) is 11.8 Å². The number of carbonyl (C=O) groups excluding carboxylic acids is 1. The molecule has 3 heteroatoms. The molecule has 0 saturated heterocycles. The van der Waals surface area contributed by atoms with Gasteiger partial charge in [-0.3, -0.25) is 4.79 Å². The normalized spacial score (nSPS) is 9.50. The number of nitrogens with zero attached hydrogens (tertiary/aromatic N) is 1. The minimum atomic E-state index is -0.0852. The molecule has 0 amide bonds. The van der Waals surface area contributed by atoms with E-state index in [1.807, 2.05) is 24.3 Å². The van der Waals surface area contributed by atoms with Gasteiger partial charge in [-0.2, -0.15) is 5.26 Å². The van der Waals surface area contributed by atoms with Gasteiger partial charge in [0.15, 0.2) is 12.4 Å². The summed E-state index contributed by atoms with van der Waals surface area (Å²) >= 11 is 0. The molecule has 0 aliphatic rings. The summed E-state index contributed by atoms with van der Waals surface area (Å²) in [5, 5.41) is 8.74. The van der Waals surface area contributed by atoms with Crippen LogP contribution in [0.15, 0.2) is 54.6 Å². The van der Waals surface area contributed by atoms with Crippen LogP contribution < -0.4 is 4.74 Å². The molecule has 0 unspecified atom stereocenters. The minimum Gasteiger partial charge on any atom is -0.485 e. The summed E-state index contributed by atoms with van der Waals surface area (Å²) in [6, 6.07) is 17.7. The zero-order valence-corrected chi connectivity index (χ0v) is 9.67. The number of benzene rings is 2. The molecule has 0 spiro atoms. The Kier molecular flexibility index (Phi) is 3.72. The van der Waals surface area contributed by atoms with Gasteiger partial charge in [0.2, 0.25) is 0 Å². The lowest BCUT2D eigenvalue weighted by atomic mass is 10.1. The van der Waals surface area contributed by atoms with Crippen molar-refractivity contribution in [2.24, 2.45) is 0 Å². The van der Waals surface area contributed by atoms with Crippen LogP contribution in [0.4, 0.5) is 0 Å². The fourth-order valence-electron chi connectivity index (χ4n) is 1.51. The highest BCUT2D eigenvalue weighted by Crippen LogP contribution is 2.13. The largest absolute Gasteiger partial charge is 0.485 e. The van der Waals surface area contributed by atoms with Crippen molar-refractivity contribution >= 4 is 5.78 Å². The van der Waals surface area contributed by atoms with Crippen LogP contribution in [0.3, 0.4) is 0 Å². The number of ether oxygens (including phenoxy) is 1. The second kappa shape index (κ2) is 5.65. The highest BCUT2D eigenvalue weighted by Gasteiger charge is 2.06. The minimum absolute atomic E-state index is 0.0289. The molecule has 0 radical (unpaired) electrons. The van der Waals surface area contributed by atoms with E-state index in [0.717, 1.165) is 0 Å². The molecule has 0 aliphatic carbocycles. The predicted octanol–water partition coefficient (Wildman–Crippen LogP) is 2.82. The van der Waals surface area contributed by atoms with E-state index >= 15 is 0 Å². The summed E-state index contributed by atoms with van der Waals surface area (Å²) in [5.74, 6) is 0.441. The number of carbonyl (C=O) groups is 1. The van der Waals surface area contributed by atoms with Crippen molar-refractivity contribution in [1.29, 1.82) is 5.26 Å². The van der Waals surface area contributed by atoms with Gasteiger partial charge in [0, 0.05) is 5.56 Å². The molecule has 2 aromatic carbocycles. The Bertz CT molecular complexity index is 585. The van der Waals surface area contributed by atoms with Gasteiger partial charge >= 0.3 is 0 Å². The molecule has 0 bridgehead atoms. The highest BCUT2D eigenvalue weighted by atomic mass is 16.5.